The number of nitrogen functional groups attached to an aromatic ring is 1. The van der Waals surface area contributed by atoms with Gasteiger partial charge in [0.15, 0.2) is 11.2 Å². The molecular formula is C29H42FN6O8P. The van der Waals surface area contributed by atoms with Gasteiger partial charge in [0.05, 0.1) is 32.5 Å². The van der Waals surface area contributed by atoms with E-state index in [9.17, 15) is 23.3 Å². The van der Waals surface area contributed by atoms with Crippen LogP contribution >= 0.6 is 7.52 Å². The van der Waals surface area contributed by atoms with Crippen LogP contribution in [-0.4, -0.2) is 69.8 Å². The van der Waals surface area contributed by atoms with Crippen molar-refractivity contribution in [2.24, 2.45) is 0 Å². The molecule has 0 saturated heterocycles. The zero-order chi connectivity index (χ0) is 32.7. The van der Waals surface area contributed by atoms with E-state index in [-0.39, 0.29) is 42.6 Å². The fourth-order valence-electron chi connectivity index (χ4n) is 4.22. The van der Waals surface area contributed by atoms with Gasteiger partial charge >= 0.3 is 19.5 Å². The largest absolute Gasteiger partial charge is 0.466 e. The molecule has 0 bridgehead atoms. The van der Waals surface area contributed by atoms with E-state index in [1.807, 2.05) is 13.8 Å². The summed E-state index contributed by atoms with van der Waals surface area (Å²) in [7, 11) is -4.17. The number of aromatic amines is 1. The number of carbonyl (C=O) groups excluding carboxylic acids is 2. The van der Waals surface area contributed by atoms with Crippen LogP contribution in [0.4, 0.5) is 10.3 Å². The minimum atomic E-state index is -4.17. The van der Waals surface area contributed by atoms with E-state index in [1.54, 1.807) is 30.3 Å². The number of hydrogen-bond donors (Lipinski definition) is 3. The quantitative estimate of drug-likeness (QED) is 0.0850. The van der Waals surface area contributed by atoms with E-state index in [0.29, 0.717) is 12.8 Å². The number of nitrogens with one attached hydrogen (secondary N) is 2. The Morgan fingerprint density at radius 2 is 1.78 bits per heavy atom. The van der Waals surface area contributed by atoms with E-state index in [2.05, 4.69) is 20.0 Å². The number of benzene rings is 1. The van der Waals surface area contributed by atoms with E-state index in [0.717, 1.165) is 25.7 Å². The van der Waals surface area contributed by atoms with Crippen LogP contribution < -0.4 is 20.9 Å². The van der Waals surface area contributed by atoms with E-state index in [4.69, 9.17) is 24.5 Å². The summed E-state index contributed by atoms with van der Waals surface area (Å²) in [5, 5.41) is 2.65. The molecule has 3 rings (SSSR count). The first-order valence-electron chi connectivity index (χ1n) is 15.0. The molecule has 2 aromatic heterocycles. The summed E-state index contributed by atoms with van der Waals surface area (Å²) < 4.78 is 52.0. The molecule has 4 N–H and O–H groups in total. The maximum absolute atomic E-state index is 14.2. The van der Waals surface area contributed by atoms with Crippen LogP contribution in [0.15, 0.2) is 41.5 Å². The van der Waals surface area contributed by atoms with Crippen LogP contribution in [0.2, 0.25) is 0 Å². The summed E-state index contributed by atoms with van der Waals surface area (Å²) in [6, 6.07) is 6.74. The summed E-state index contributed by atoms with van der Waals surface area (Å²) in [6.45, 7) is 3.13. The second-order valence-corrected chi connectivity index (χ2v) is 12.4. The molecule has 0 saturated carbocycles. The van der Waals surface area contributed by atoms with E-state index < -0.39 is 56.6 Å². The van der Waals surface area contributed by atoms with Crippen LogP contribution in [0.5, 0.6) is 5.75 Å². The Hall–Kier alpha value is -3.81. The second kappa shape index (κ2) is 18.2. The molecular weight excluding hydrogens is 610 g/mol. The van der Waals surface area contributed by atoms with Gasteiger partial charge in [0.1, 0.15) is 30.9 Å². The fourth-order valence-corrected chi connectivity index (χ4v) is 5.94. The zero-order valence-electron chi connectivity index (χ0n) is 25.6. The average molecular weight is 653 g/mol. The molecule has 3 atom stereocenters. The number of anilines is 1. The first-order chi connectivity index (χ1) is 21.7. The van der Waals surface area contributed by atoms with Crippen molar-refractivity contribution in [2.75, 3.05) is 32.0 Å². The molecule has 16 heteroatoms. The number of fused-ring (bicyclic) bond motifs is 1. The lowest BCUT2D eigenvalue weighted by Crippen LogP contribution is -2.40. The van der Waals surface area contributed by atoms with Gasteiger partial charge in [0, 0.05) is 0 Å². The van der Waals surface area contributed by atoms with Gasteiger partial charge in [-0.15, -0.1) is 0 Å². The number of H-pyrrole nitrogens is 1. The highest BCUT2D eigenvalue weighted by molar-refractivity contribution is 7.57. The highest BCUT2D eigenvalue weighted by atomic mass is 31.2. The van der Waals surface area contributed by atoms with Gasteiger partial charge in [-0.1, -0.05) is 57.7 Å². The Morgan fingerprint density at radius 1 is 1.09 bits per heavy atom. The van der Waals surface area contributed by atoms with Crippen LogP contribution in [0.25, 0.3) is 11.2 Å². The first-order valence-corrected chi connectivity index (χ1v) is 16.8. The lowest BCUT2D eigenvalue weighted by Gasteiger charge is -2.26. The Bertz CT molecular complexity index is 1470. The third-order valence-corrected chi connectivity index (χ3v) is 8.25. The molecule has 0 radical (unpaired) electrons. The lowest BCUT2D eigenvalue weighted by molar-refractivity contribution is -0.152. The van der Waals surface area contributed by atoms with Crippen LogP contribution in [-0.2, 0) is 34.9 Å². The number of para-hydroxylation sites is 1. The number of nitrogens with two attached hydrogens (primary N) is 1. The molecule has 0 amide bonds. The topological polar surface area (TPSA) is 190 Å². The van der Waals surface area contributed by atoms with Gasteiger partial charge in [-0.3, -0.25) is 23.9 Å². The Morgan fingerprint density at radius 3 is 2.44 bits per heavy atom. The Labute approximate surface area is 260 Å². The van der Waals surface area contributed by atoms with Crippen LogP contribution in [0.1, 0.15) is 58.8 Å². The second-order valence-electron chi connectivity index (χ2n) is 10.4. The third-order valence-electron chi connectivity index (χ3n) is 6.55. The van der Waals surface area contributed by atoms with Crippen molar-refractivity contribution in [2.45, 2.75) is 77.5 Å². The number of carbonyl (C=O) groups is 2. The monoisotopic (exact) mass is 652 g/mol. The van der Waals surface area contributed by atoms with Gasteiger partial charge in [-0.2, -0.15) is 4.98 Å². The third kappa shape index (κ3) is 11.6. The first kappa shape index (κ1) is 35.7. The van der Waals surface area contributed by atoms with Gasteiger partial charge in [-0.25, -0.2) is 14.5 Å². The molecule has 0 aliphatic carbocycles. The molecule has 0 aliphatic rings. The maximum Gasteiger partial charge on any atom is 0.342 e. The zero-order valence-corrected chi connectivity index (χ0v) is 26.5. The van der Waals surface area contributed by atoms with Gasteiger partial charge in [-0.05, 0) is 25.0 Å². The van der Waals surface area contributed by atoms with Crippen molar-refractivity contribution >= 4 is 36.6 Å². The molecule has 45 heavy (non-hydrogen) atoms. The molecule has 2 heterocycles. The van der Waals surface area contributed by atoms with Crippen molar-refractivity contribution < 1.29 is 37.3 Å². The standard InChI is InChI=1S/C29H42FN6O8P/c1-3-5-10-14-41-24(37)16-23(28(39)42-15-11-6-4-2)35-45(40,44-21-12-8-7-9-13-21)20-43-22(17-30)18-36-19-32-25-26(36)33-29(31)34-27(25)38/h7-9,12-13,19,22-23H,3-6,10-11,14-18,20H2,1-2H3,(H,35,40)(H3,31,33,34,38)/t22?,23-,45?/m0/s1. The van der Waals surface area contributed by atoms with E-state index >= 15 is 0 Å². The number of esters is 2. The number of hydrogen-bond acceptors (Lipinski definition) is 11. The lowest BCUT2D eigenvalue weighted by atomic mass is 10.2. The number of imidazole rings is 1. The normalized spacial score (nSPS) is 14.0. The highest BCUT2D eigenvalue weighted by Crippen LogP contribution is 2.44. The van der Waals surface area contributed by atoms with Gasteiger partial charge < -0.3 is 29.0 Å². The van der Waals surface area contributed by atoms with Crippen molar-refractivity contribution in [3.8, 4) is 5.75 Å². The maximum atomic E-state index is 14.2. The number of ether oxygens (including phenoxy) is 3. The number of aromatic nitrogens is 4. The number of rotatable bonds is 21. The van der Waals surface area contributed by atoms with Crippen LogP contribution in [0.3, 0.4) is 0 Å². The van der Waals surface area contributed by atoms with Crippen LogP contribution in [0, 0.1) is 0 Å². The highest BCUT2D eigenvalue weighted by Gasteiger charge is 2.36. The van der Waals surface area contributed by atoms with Gasteiger partial charge in [0.2, 0.25) is 5.95 Å². The van der Waals surface area contributed by atoms with Crippen molar-refractivity contribution in [1.82, 2.24) is 24.6 Å². The summed E-state index contributed by atoms with van der Waals surface area (Å²) >= 11 is 0. The van der Waals surface area contributed by atoms with Crippen molar-refractivity contribution in [3.63, 3.8) is 0 Å². The Balaban J connectivity index is 1.80. The van der Waals surface area contributed by atoms with Crippen molar-refractivity contribution in [3.05, 3.63) is 47.0 Å². The van der Waals surface area contributed by atoms with Crippen molar-refractivity contribution in [1.29, 1.82) is 0 Å². The summed E-state index contributed by atoms with van der Waals surface area (Å²) in [4.78, 5) is 48.3. The molecule has 248 valence electrons. The fraction of sp³-hybridized carbons (Fsp3) is 0.552. The van der Waals surface area contributed by atoms with E-state index in [1.165, 1.54) is 10.9 Å². The Kier molecular flexibility index (Phi) is 14.4. The molecule has 1 aromatic carbocycles. The molecule has 0 fully saturated rings. The molecule has 14 nitrogen and oxygen atoms in total. The SMILES string of the molecule is CCCCCOC(=O)C[C@H](NP(=O)(COC(CF)Cn1cnc2c(=O)[nH]c(N)nc21)Oc1ccccc1)C(=O)OCCCCC. The summed E-state index contributed by atoms with van der Waals surface area (Å²) in [5.41, 5.74) is 5.21. The minimum Gasteiger partial charge on any atom is -0.466 e. The molecule has 3 aromatic rings. The minimum absolute atomic E-state index is 0.00317. The number of alkyl halides is 1. The molecule has 2 unspecified atom stereocenters. The summed E-state index contributed by atoms with van der Waals surface area (Å²) in [5.74, 6) is -1.45. The summed E-state index contributed by atoms with van der Waals surface area (Å²) in [6.07, 6.45) is 3.76. The molecule has 0 aliphatic heterocycles. The number of unbranched alkanes of at least 4 members (excludes halogenated alkanes) is 4. The number of nitrogens with zero attached hydrogens (tertiary/aromatic N) is 3. The molecule has 0 spiro atoms. The smallest absolute Gasteiger partial charge is 0.342 e. The number of halogens is 1. The van der Waals surface area contributed by atoms with Gasteiger partial charge in [0.25, 0.3) is 5.56 Å². The predicted octanol–water partition coefficient (Wildman–Crippen LogP) is 4.10. The average Bonchev–Trinajstić information content (AvgIpc) is 3.42. The predicted molar refractivity (Wildman–Crippen MR) is 165 cm³/mol.